The average Bonchev–Trinajstić information content (AvgIpc) is 3.31. The third-order valence-corrected chi connectivity index (χ3v) is 4.02. The zero-order valence-corrected chi connectivity index (χ0v) is 11.8. The molecule has 2 N–H and O–H groups in total. The minimum atomic E-state index is -0.152. The summed E-state index contributed by atoms with van der Waals surface area (Å²) in [7, 11) is 0. The third-order valence-electron chi connectivity index (χ3n) is 3.77. The lowest BCUT2D eigenvalue weighted by Crippen LogP contribution is -2.31. The third kappa shape index (κ3) is 3.31. The minimum Gasteiger partial charge on any atom is -0.353 e. The van der Waals surface area contributed by atoms with Crippen molar-refractivity contribution in [1.82, 2.24) is 10.6 Å². The van der Waals surface area contributed by atoms with Gasteiger partial charge in [-0.3, -0.25) is 9.59 Å². The number of hydrogen-bond acceptors (Lipinski definition) is 2. The normalized spacial score (nSPS) is 24.1. The van der Waals surface area contributed by atoms with Crippen LogP contribution in [0.4, 0.5) is 0 Å². The molecule has 0 aromatic heterocycles. The first-order chi connectivity index (χ1) is 9.63. The van der Waals surface area contributed by atoms with Crippen molar-refractivity contribution in [1.29, 1.82) is 0 Å². The Kier molecular flexibility index (Phi) is 3.66. The van der Waals surface area contributed by atoms with E-state index < -0.39 is 0 Å². The van der Waals surface area contributed by atoms with E-state index >= 15 is 0 Å². The summed E-state index contributed by atoms with van der Waals surface area (Å²) in [6.07, 6.45) is 2.82. The Morgan fingerprint density at radius 2 is 1.75 bits per heavy atom. The van der Waals surface area contributed by atoms with Crippen molar-refractivity contribution < 1.29 is 9.59 Å². The largest absolute Gasteiger partial charge is 0.353 e. The number of halogens is 1. The molecule has 2 atom stereocenters. The van der Waals surface area contributed by atoms with Crippen LogP contribution in [0.5, 0.6) is 0 Å². The van der Waals surface area contributed by atoms with Crippen LogP contribution < -0.4 is 10.6 Å². The molecule has 2 amide bonds. The van der Waals surface area contributed by atoms with Gasteiger partial charge in [-0.25, -0.2) is 0 Å². The number of hydrogen-bond donors (Lipinski definition) is 2. The van der Waals surface area contributed by atoms with E-state index in [0.29, 0.717) is 24.0 Å². The van der Waals surface area contributed by atoms with E-state index in [1.807, 2.05) is 12.1 Å². The molecule has 20 heavy (non-hydrogen) atoms. The predicted molar refractivity (Wildman–Crippen MR) is 76.1 cm³/mol. The molecule has 0 saturated heterocycles. The van der Waals surface area contributed by atoms with Gasteiger partial charge in [-0.1, -0.05) is 23.7 Å². The first-order valence-electron chi connectivity index (χ1n) is 6.96. The van der Waals surface area contributed by atoms with E-state index in [-0.39, 0.29) is 23.7 Å². The number of rotatable bonds is 5. The van der Waals surface area contributed by atoms with Crippen molar-refractivity contribution in [3.63, 3.8) is 0 Å². The minimum absolute atomic E-state index is 0.0316. The Bertz CT molecular complexity index is 525. The molecule has 1 aromatic carbocycles. The van der Waals surface area contributed by atoms with E-state index in [2.05, 4.69) is 10.6 Å². The van der Waals surface area contributed by atoms with Crippen LogP contribution in [0.25, 0.3) is 0 Å². The van der Waals surface area contributed by atoms with Gasteiger partial charge in [0, 0.05) is 17.6 Å². The molecular weight excluding hydrogens is 276 g/mol. The van der Waals surface area contributed by atoms with Crippen molar-refractivity contribution in [2.45, 2.75) is 31.8 Å². The summed E-state index contributed by atoms with van der Waals surface area (Å²) in [6, 6.07) is 7.72. The second-order valence-electron chi connectivity index (χ2n) is 5.58. The zero-order valence-electron chi connectivity index (χ0n) is 11.1. The molecule has 2 saturated carbocycles. The molecule has 2 unspecified atom stereocenters. The highest BCUT2D eigenvalue weighted by molar-refractivity contribution is 6.30. The number of amides is 2. The van der Waals surface area contributed by atoms with E-state index in [1.165, 1.54) is 0 Å². The summed E-state index contributed by atoms with van der Waals surface area (Å²) in [5, 5.41) is 6.50. The van der Waals surface area contributed by atoms with E-state index in [0.717, 1.165) is 18.4 Å². The van der Waals surface area contributed by atoms with E-state index in [9.17, 15) is 9.59 Å². The molecule has 0 heterocycles. The van der Waals surface area contributed by atoms with Gasteiger partial charge in [-0.2, -0.15) is 0 Å². The van der Waals surface area contributed by atoms with Gasteiger partial charge in [0.05, 0.1) is 11.8 Å². The van der Waals surface area contributed by atoms with Crippen LogP contribution in [0, 0.1) is 11.8 Å². The Morgan fingerprint density at radius 3 is 2.40 bits per heavy atom. The topological polar surface area (TPSA) is 58.2 Å². The van der Waals surface area contributed by atoms with Crippen LogP contribution in [-0.4, -0.2) is 17.9 Å². The van der Waals surface area contributed by atoms with Crippen LogP contribution in [0.1, 0.15) is 24.8 Å². The van der Waals surface area contributed by atoms with Crippen LogP contribution in [0.2, 0.25) is 5.02 Å². The van der Waals surface area contributed by atoms with Crippen molar-refractivity contribution >= 4 is 23.4 Å². The van der Waals surface area contributed by atoms with Gasteiger partial charge in [-0.15, -0.1) is 0 Å². The summed E-state index contributed by atoms with van der Waals surface area (Å²) in [6.45, 7) is 0.476. The Hall–Kier alpha value is -1.55. The highest BCUT2D eigenvalue weighted by atomic mass is 35.5. The second-order valence-corrected chi connectivity index (χ2v) is 6.01. The molecule has 0 aliphatic heterocycles. The molecule has 5 heteroatoms. The van der Waals surface area contributed by atoms with Crippen LogP contribution >= 0.6 is 11.6 Å². The summed E-state index contributed by atoms with van der Waals surface area (Å²) in [4.78, 5) is 23.7. The maximum Gasteiger partial charge on any atom is 0.224 e. The zero-order chi connectivity index (χ0) is 14.1. The molecule has 1 aromatic rings. The van der Waals surface area contributed by atoms with Gasteiger partial charge >= 0.3 is 0 Å². The monoisotopic (exact) mass is 292 g/mol. The summed E-state index contributed by atoms with van der Waals surface area (Å²) in [5.41, 5.74) is 1.00. The molecule has 2 aliphatic rings. The molecule has 0 bridgehead atoms. The number of carbonyl (C=O) groups is 2. The highest BCUT2D eigenvalue weighted by Crippen LogP contribution is 2.39. The molecular formula is C15H17ClN2O2. The number of benzene rings is 1. The summed E-state index contributed by atoms with van der Waals surface area (Å²) >= 11 is 5.80. The quantitative estimate of drug-likeness (QED) is 0.870. The molecule has 2 fully saturated rings. The SMILES string of the molecule is O=C(NCc1ccc(Cl)cc1)C1CC1C(=O)NC1CC1. The second kappa shape index (κ2) is 5.44. The molecule has 0 spiro atoms. The van der Waals surface area contributed by atoms with Crippen molar-refractivity contribution in [3.8, 4) is 0 Å². The summed E-state index contributed by atoms with van der Waals surface area (Å²) < 4.78 is 0. The Morgan fingerprint density at radius 1 is 1.10 bits per heavy atom. The van der Waals surface area contributed by atoms with E-state index in [1.54, 1.807) is 12.1 Å². The van der Waals surface area contributed by atoms with Gasteiger partial charge in [0.1, 0.15) is 0 Å². The predicted octanol–water partition coefficient (Wildman–Crippen LogP) is 1.87. The smallest absolute Gasteiger partial charge is 0.224 e. The maximum atomic E-state index is 11.9. The van der Waals surface area contributed by atoms with Crippen LogP contribution in [0.3, 0.4) is 0 Å². The first-order valence-corrected chi connectivity index (χ1v) is 7.34. The standard InChI is InChI=1S/C15H17ClN2O2/c16-10-3-1-9(2-4-10)8-17-14(19)12-7-13(12)15(20)18-11-5-6-11/h1-4,11-13H,5-8H2,(H,17,19)(H,18,20). The average molecular weight is 293 g/mol. The fourth-order valence-electron chi connectivity index (χ4n) is 2.23. The first kappa shape index (κ1) is 13.4. The van der Waals surface area contributed by atoms with Crippen molar-refractivity contribution in [3.05, 3.63) is 34.9 Å². The van der Waals surface area contributed by atoms with Gasteiger partial charge in [0.2, 0.25) is 11.8 Å². The number of carbonyl (C=O) groups excluding carboxylic acids is 2. The fraction of sp³-hybridized carbons (Fsp3) is 0.467. The molecule has 106 valence electrons. The van der Waals surface area contributed by atoms with E-state index in [4.69, 9.17) is 11.6 Å². The number of nitrogens with one attached hydrogen (secondary N) is 2. The maximum absolute atomic E-state index is 11.9. The van der Waals surface area contributed by atoms with Gasteiger partial charge in [0.15, 0.2) is 0 Å². The lowest BCUT2D eigenvalue weighted by molar-refractivity contribution is -0.127. The lowest BCUT2D eigenvalue weighted by atomic mass is 10.2. The Labute approximate surface area is 122 Å². The molecule has 4 nitrogen and oxygen atoms in total. The van der Waals surface area contributed by atoms with Gasteiger partial charge in [-0.05, 0) is 37.0 Å². The molecule has 2 aliphatic carbocycles. The fourth-order valence-corrected chi connectivity index (χ4v) is 2.36. The Balaban J connectivity index is 1.43. The van der Waals surface area contributed by atoms with Crippen LogP contribution in [-0.2, 0) is 16.1 Å². The van der Waals surface area contributed by atoms with Crippen molar-refractivity contribution in [2.24, 2.45) is 11.8 Å². The van der Waals surface area contributed by atoms with Crippen LogP contribution in [0.15, 0.2) is 24.3 Å². The molecule has 0 radical (unpaired) electrons. The van der Waals surface area contributed by atoms with Crippen molar-refractivity contribution in [2.75, 3.05) is 0 Å². The van der Waals surface area contributed by atoms with Gasteiger partial charge < -0.3 is 10.6 Å². The summed E-state index contributed by atoms with van der Waals surface area (Å²) in [5.74, 6) is -0.267. The molecule has 3 rings (SSSR count). The van der Waals surface area contributed by atoms with Gasteiger partial charge in [0.25, 0.3) is 0 Å². The highest BCUT2D eigenvalue weighted by Gasteiger charge is 2.48. The lowest BCUT2D eigenvalue weighted by Gasteiger charge is -2.05.